The average molecular weight is 344 g/mol. The second kappa shape index (κ2) is 5.32. The molecule has 1 N–H and O–H groups in total. The van der Waals surface area contributed by atoms with Crippen molar-refractivity contribution in [3.05, 3.63) is 17.7 Å². The number of thiazole rings is 1. The van der Waals surface area contributed by atoms with Crippen molar-refractivity contribution < 1.29 is 9.53 Å². The van der Waals surface area contributed by atoms with E-state index >= 15 is 0 Å². The molecule has 2 aromatic rings. The number of likely N-dealkylation sites (tertiary alicyclic amines) is 1. The number of aromatic nitrogens is 1. The molecule has 3 aliphatic heterocycles. The van der Waals surface area contributed by atoms with E-state index in [1.165, 1.54) is 5.56 Å². The van der Waals surface area contributed by atoms with Crippen LogP contribution >= 0.6 is 11.3 Å². The highest BCUT2D eigenvalue weighted by Gasteiger charge is 2.42. The second-order valence-electron chi connectivity index (χ2n) is 6.88. The molecule has 2 saturated heterocycles. The summed E-state index contributed by atoms with van der Waals surface area (Å²) in [6.07, 6.45) is 3.03. The fourth-order valence-electron chi connectivity index (χ4n) is 4.14. The first-order valence-electron chi connectivity index (χ1n) is 8.54. The van der Waals surface area contributed by atoms with E-state index in [4.69, 9.17) is 9.72 Å². The number of carbonyl (C=O) groups is 1. The van der Waals surface area contributed by atoms with Crippen molar-refractivity contribution in [2.24, 2.45) is 0 Å². The van der Waals surface area contributed by atoms with Crippen LogP contribution < -0.4 is 15.0 Å². The Balaban J connectivity index is 1.55. The zero-order valence-corrected chi connectivity index (χ0v) is 14.4. The summed E-state index contributed by atoms with van der Waals surface area (Å²) in [7, 11) is 2.12. The Morgan fingerprint density at radius 3 is 3.25 bits per heavy atom. The van der Waals surface area contributed by atoms with E-state index in [1.54, 1.807) is 11.3 Å². The number of hydrogen-bond acceptors (Lipinski definition) is 5. The van der Waals surface area contributed by atoms with E-state index in [0.717, 1.165) is 60.1 Å². The summed E-state index contributed by atoms with van der Waals surface area (Å²) < 4.78 is 6.78. The third-order valence-corrected chi connectivity index (χ3v) is 6.32. The molecule has 0 bridgehead atoms. The number of benzene rings is 1. The Bertz CT molecular complexity index is 820. The van der Waals surface area contributed by atoms with Gasteiger partial charge in [0, 0.05) is 18.5 Å². The Labute approximate surface area is 144 Å². The number of urea groups is 1. The molecule has 0 unspecified atom stereocenters. The number of hydrogen-bond donors (Lipinski definition) is 1. The van der Waals surface area contributed by atoms with Gasteiger partial charge in [0.15, 0.2) is 5.13 Å². The predicted molar refractivity (Wildman–Crippen MR) is 94.1 cm³/mol. The summed E-state index contributed by atoms with van der Waals surface area (Å²) >= 11 is 1.61. The van der Waals surface area contributed by atoms with Crippen molar-refractivity contribution in [2.45, 2.75) is 31.3 Å². The maximum absolute atomic E-state index is 12.6. The lowest BCUT2D eigenvalue weighted by Gasteiger charge is -2.22. The number of anilines is 1. The molecule has 0 spiro atoms. The lowest BCUT2D eigenvalue weighted by Crippen LogP contribution is -2.40. The first-order chi connectivity index (χ1) is 11.7. The summed E-state index contributed by atoms with van der Waals surface area (Å²) in [5.74, 6) is 0.944. The molecule has 2 amide bonds. The molecule has 2 fully saturated rings. The van der Waals surface area contributed by atoms with Crippen molar-refractivity contribution in [3.8, 4) is 5.75 Å². The summed E-state index contributed by atoms with van der Waals surface area (Å²) in [5, 5.41) is 3.98. The molecule has 7 heteroatoms. The van der Waals surface area contributed by atoms with Gasteiger partial charge in [-0.3, -0.25) is 4.90 Å². The van der Waals surface area contributed by atoms with Crippen molar-refractivity contribution in [2.75, 3.05) is 31.6 Å². The third-order valence-electron chi connectivity index (χ3n) is 5.30. The van der Waals surface area contributed by atoms with Gasteiger partial charge in [0.2, 0.25) is 0 Å². The van der Waals surface area contributed by atoms with E-state index in [1.807, 2.05) is 11.0 Å². The fourth-order valence-corrected chi connectivity index (χ4v) is 5.19. The number of nitrogens with zero attached hydrogens (tertiary/aromatic N) is 3. The fraction of sp³-hybridized carbons (Fsp3) is 0.529. The van der Waals surface area contributed by atoms with Crippen LogP contribution in [0.3, 0.4) is 0 Å². The van der Waals surface area contributed by atoms with Gasteiger partial charge in [-0.05, 0) is 38.6 Å². The van der Waals surface area contributed by atoms with E-state index in [9.17, 15) is 4.79 Å². The number of ether oxygens (including phenoxy) is 1. The molecule has 24 heavy (non-hydrogen) atoms. The minimum atomic E-state index is -0.00717. The normalized spacial score (nSPS) is 26.9. The molecule has 5 rings (SSSR count). The maximum Gasteiger partial charge on any atom is 0.324 e. The highest BCUT2D eigenvalue weighted by molar-refractivity contribution is 7.22. The topological polar surface area (TPSA) is 57.7 Å². The van der Waals surface area contributed by atoms with E-state index in [-0.39, 0.29) is 18.1 Å². The van der Waals surface area contributed by atoms with Crippen LogP contribution in [0.25, 0.3) is 10.2 Å². The minimum absolute atomic E-state index is 0.00717. The van der Waals surface area contributed by atoms with Crippen molar-refractivity contribution in [1.29, 1.82) is 0 Å². The van der Waals surface area contributed by atoms with E-state index in [0.29, 0.717) is 0 Å². The SMILES string of the molecule is CN1CCC[C@@H]2[C@H](C1)NC(=O)N2c1nc2c3c(ccc2s1)OCC3. The highest BCUT2D eigenvalue weighted by Crippen LogP contribution is 2.39. The highest BCUT2D eigenvalue weighted by atomic mass is 32.1. The van der Waals surface area contributed by atoms with Crippen molar-refractivity contribution in [3.63, 3.8) is 0 Å². The number of carbonyl (C=O) groups excluding carboxylic acids is 1. The molecule has 1 aromatic carbocycles. The Morgan fingerprint density at radius 2 is 2.33 bits per heavy atom. The van der Waals surface area contributed by atoms with Gasteiger partial charge in [0.25, 0.3) is 0 Å². The largest absolute Gasteiger partial charge is 0.493 e. The lowest BCUT2D eigenvalue weighted by atomic mass is 10.1. The van der Waals surface area contributed by atoms with Crippen molar-refractivity contribution in [1.82, 2.24) is 15.2 Å². The van der Waals surface area contributed by atoms with E-state index < -0.39 is 0 Å². The van der Waals surface area contributed by atoms with Crippen LogP contribution in [0.1, 0.15) is 18.4 Å². The molecule has 0 saturated carbocycles. The molecule has 1 aromatic heterocycles. The number of fused-ring (bicyclic) bond motifs is 4. The zero-order chi connectivity index (χ0) is 16.3. The Kier molecular flexibility index (Phi) is 3.21. The van der Waals surface area contributed by atoms with Crippen LogP contribution in [0.5, 0.6) is 5.75 Å². The number of likely N-dealkylation sites (N-methyl/N-ethyl adjacent to an activating group) is 1. The van der Waals surface area contributed by atoms with Crippen molar-refractivity contribution >= 4 is 32.7 Å². The molecule has 6 nitrogen and oxygen atoms in total. The van der Waals surface area contributed by atoms with Gasteiger partial charge in [0.1, 0.15) is 5.75 Å². The van der Waals surface area contributed by atoms with E-state index in [2.05, 4.69) is 23.3 Å². The maximum atomic E-state index is 12.6. The number of nitrogens with one attached hydrogen (secondary N) is 1. The second-order valence-corrected chi connectivity index (χ2v) is 7.89. The summed E-state index contributed by atoms with van der Waals surface area (Å²) in [6.45, 7) is 2.71. The third kappa shape index (κ3) is 2.11. The smallest absolute Gasteiger partial charge is 0.324 e. The monoisotopic (exact) mass is 344 g/mol. The average Bonchev–Trinajstić information content (AvgIpc) is 3.21. The number of amides is 2. The number of rotatable bonds is 1. The van der Waals surface area contributed by atoms with Crippen LogP contribution in [-0.2, 0) is 6.42 Å². The first kappa shape index (κ1) is 14.5. The van der Waals surface area contributed by atoms with Crippen LogP contribution in [0.15, 0.2) is 12.1 Å². The van der Waals surface area contributed by atoms with Crippen LogP contribution in [-0.4, -0.2) is 54.7 Å². The summed E-state index contributed by atoms with van der Waals surface area (Å²) in [5.41, 5.74) is 2.19. The summed E-state index contributed by atoms with van der Waals surface area (Å²) in [4.78, 5) is 21.7. The molecule has 4 heterocycles. The molecule has 3 aliphatic rings. The van der Waals surface area contributed by atoms with Crippen LogP contribution in [0.4, 0.5) is 9.93 Å². The Hall–Kier alpha value is -1.86. The lowest BCUT2D eigenvalue weighted by molar-refractivity contribution is 0.248. The van der Waals surface area contributed by atoms with Crippen LogP contribution in [0, 0.1) is 0 Å². The van der Waals surface area contributed by atoms with Gasteiger partial charge >= 0.3 is 6.03 Å². The van der Waals surface area contributed by atoms with Gasteiger partial charge in [0.05, 0.1) is 28.9 Å². The molecular formula is C17H20N4O2S. The summed E-state index contributed by atoms with van der Waals surface area (Å²) in [6, 6.07) is 4.47. The first-order valence-corrected chi connectivity index (χ1v) is 9.36. The Morgan fingerprint density at radius 1 is 1.42 bits per heavy atom. The quantitative estimate of drug-likeness (QED) is 0.862. The van der Waals surface area contributed by atoms with Gasteiger partial charge in [-0.25, -0.2) is 9.78 Å². The zero-order valence-electron chi connectivity index (χ0n) is 13.6. The predicted octanol–water partition coefficient (Wildman–Crippen LogP) is 2.22. The standard InChI is InChI=1S/C17H20N4O2S/c1-20-7-2-3-12-11(9-20)18-16(22)21(12)17-19-15-10-6-8-23-13(10)4-5-14(15)24-17/h4-5,11-12H,2-3,6-9H2,1H3,(H,18,22)/t11-,12+/m0/s1. The minimum Gasteiger partial charge on any atom is -0.493 e. The van der Waals surface area contributed by atoms with Gasteiger partial charge in [-0.1, -0.05) is 11.3 Å². The van der Waals surface area contributed by atoms with Gasteiger partial charge in [-0.2, -0.15) is 0 Å². The molecule has 0 aliphatic carbocycles. The molecule has 0 radical (unpaired) electrons. The molecule has 126 valence electrons. The van der Waals surface area contributed by atoms with Gasteiger partial charge < -0.3 is 15.0 Å². The van der Waals surface area contributed by atoms with Crippen LogP contribution in [0.2, 0.25) is 0 Å². The molecular weight excluding hydrogens is 324 g/mol. The van der Waals surface area contributed by atoms with Gasteiger partial charge in [-0.15, -0.1) is 0 Å². The molecule has 2 atom stereocenters.